The maximum Gasteiger partial charge on any atom is 0.410 e. The number of imidazole rings is 1. The number of hydrogen-bond acceptors (Lipinski definition) is 4. The van der Waals surface area contributed by atoms with Crippen molar-refractivity contribution in [1.29, 1.82) is 0 Å². The quantitative estimate of drug-likeness (QED) is 0.853. The van der Waals surface area contributed by atoms with Gasteiger partial charge in [-0.2, -0.15) is 0 Å². The molecule has 0 bridgehead atoms. The van der Waals surface area contributed by atoms with Crippen LogP contribution < -0.4 is 5.32 Å². The van der Waals surface area contributed by atoms with Crippen molar-refractivity contribution >= 4 is 12.0 Å². The van der Waals surface area contributed by atoms with Gasteiger partial charge in [0.25, 0.3) is 0 Å². The number of carbonyl (C=O) groups excluding carboxylic acids is 2. The zero-order valence-electron chi connectivity index (χ0n) is 17.8. The first-order chi connectivity index (χ1) is 13.7. The largest absolute Gasteiger partial charge is 0.444 e. The van der Waals surface area contributed by atoms with E-state index in [1.54, 1.807) is 6.20 Å². The molecule has 0 aliphatic carbocycles. The molecule has 1 aliphatic rings. The fourth-order valence-electron chi connectivity index (χ4n) is 3.54. The van der Waals surface area contributed by atoms with Crippen molar-refractivity contribution < 1.29 is 14.3 Å². The standard InChI is InChI=1S/C22H30N4O3/c1-15(16-8-10-17(11-9-16)19-23-12-14-25(19)5)24-20(27)18-7-6-13-26(18)21(28)29-22(2,3)4/h8-12,14-15,18H,6-7,13H2,1-5H3,(H,24,27)/t15-,18-/m0/s1. The Morgan fingerprint density at radius 2 is 1.93 bits per heavy atom. The molecule has 1 aliphatic heterocycles. The van der Waals surface area contributed by atoms with E-state index in [1.807, 2.05) is 69.8 Å². The molecule has 0 spiro atoms. The van der Waals surface area contributed by atoms with Crippen LogP contribution >= 0.6 is 0 Å². The van der Waals surface area contributed by atoms with E-state index in [4.69, 9.17) is 4.74 Å². The van der Waals surface area contributed by atoms with Crippen LogP contribution in [0.2, 0.25) is 0 Å². The van der Waals surface area contributed by atoms with E-state index < -0.39 is 17.7 Å². The number of ether oxygens (including phenoxy) is 1. The van der Waals surface area contributed by atoms with Crippen LogP contribution in [-0.2, 0) is 16.6 Å². The van der Waals surface area contributed by atoms with Crippen molar-refractivity contribution in [2.75, 3.05) is 6.54 Å². The summed E-state index contributed by atoms with van der Waals surface area (Å²) in [6.45, 7) is 7.96. The number of nitrogens with zero attached hydrogens (tertiary/aromatic N) is 3. The number of aryl methyl sites for hydroxylation is 1. The lowest BCUT2D eigenvalue weighted by atomic mass is 10.0. The first kappa shape index (κ1) is 20.9. The topological polar surface area (TPSA) is 76.5 Å². The van der Waals surface area contributed by atoms with Gasteiger partial charge in [-0.15, -0.1) is 0 Å². The Morgan fingerprint density at radius 3 is 2.52 bits per heavy atom. The molecule has 1 N–H and O–H groups in total. The second-order valence-corrected chi connectivity index (χ2v) is 8.55. The highest BCUT2D eigenvalue weighted by molar-refractivity contribution is 5.86. The highest BCUT2D eigenvalue weighted by Crippen LogP contribution is 2.23. The number of rotatable bonds is 4. The Morgan fingerprint density at radius 1 is 1.24 bits per heavy atom. The summed E-state index contributed by atoms with van der Waals surface area (Å²) in [4.78, 5) is 31.2. The van der Waals surface area contributed by atoms with Gasteiger partial charge in [0.05, 0.1) is 6.04 Å². The summed E-state index contributed by atoms with van der Waals surface area (Å²) in [6.07, 6.45) is 4.69. The van der Waals surface area contributed by atoms with Crippen molar-refractivity contribution in [2.24, 2.45) is 7.05 Å². The molecule has 7 nitrogen and oxygen atoms in total. The number of aromatic nitrogens is 2. The van der Waals surface area contributed by atoms with Gasteiger partial charge in [-0.25, -0.2) is 9.78 Å². The minimum Gasteiger partial charge on any atom is -0.444 e. The van der Waals surface area contributed by atoms with E-state index in [-0.39, 0.29) is 11.9 Å². The minimum absolute atomic E-state index is 0.144. The van der Waals surface area contributed by atoms with Crippen LogP contribution in [0.3, 0.4) is 0 Å². The van der Waals surface area contributed by atoms with Gasteiger partial charge in [0.1, 0.15) is 17.5 Å². The van der Waals surface area contributed by atoms with Gasteiger partial charge in [-0.05, 0) is 46.1 Å². The average Bonchev–Trinajstić information content (AvgIpc) is 3.29. The first-order valence-electron chi connectivity index (χ1n) is 10.0. The molecule has 1 saturated heterocycles. The van der Waals surface area contributed by atoms with Crippen LogP contribution in [0.25, 0.3) is 11.4 Å². The zero-order chi connectivity index (χ0) is 21.2. The first-order valence-corrected chi connectivity index (χ1v) is 10.0. The summed E-state index contributed by atoms with van der Waals surface area (Å²) >= 11 is 0. The van der Waals surface area contributed by atoms with Crippen molar-refractivity contribution in [3.8, 4) is 11.4 Å². The number of amides is 2. The summed E-state index contributed by atoms with van der Waals surface area (Å²) in [5.41, 5.74) is 1.44. The molecule has 1 fully saturated rings. The van der Waals surface area contributed by atoms with Crippen LogP contribution in [0.4, 0.5) is 4.79 Å². The lowest BCUT2D eigenvalue weighted by Crippen LogP contribution is -2.48. The van der Waals surface area contributed by atoms with Gasteiger partial charge in [-0.3, -0.25) is 9.69 Å². The Balaban J connectivity index is 1.64. The van der Waals surface area contributed by atoms with Gasteiger partial charge in [0.2, 0.25) is 5.91 Å². The van der Waals surface area contributed by atoms with E-state index in [9.17, 15) is 9.59 Å². The molecular formula is C22H30N4O3. The molecule has 2 amide bonds. The molecule has 1 aromatic carbocycles. The van der Waals surface area contributed by atoms with Crippen LogP contribution in [-0.4, -0.2) is 44.6 Å². The summed E-state index contributed by atoms with van der Waals surface area (Å²) < 4.78 is 7.41. The van der Waals surface area contributed by atoms with Gasteiger partial charge in [-0.1, -0.05) is 24.3 Å². The van der Waals surface area contributed by atoms with Crippen molar-refractivity contribution in [3.05, 3.63) is 42.2 Å². The molecule has 0 radical (unpaired) electrons. The second kappa shape index (κ2) is 8.27. The predicted octanol–water partition coefficient (Wildman–Crippen LogP) is 3.66. The lowest BCUT2D eigenvalue weighted by molar-refractivity contribution is -0.126. The third kappa shape index (κ3) is 4.96. The molecule has 2 heterocycles. The third-order valence-corrected chi connectivity index (χ3v) is 5.03. The summed E-state index contributed by atoms with van der Waals surface area (Å²) in [7, 11) is 1.96. The molecule has 1 aromatic heterocycles. The number of likely N-dealkylation sites (tertiary alicyclic amines) is 1. The normalized spacial score (nSPS) is 17.8. The highest BCUT2D eigenvalue weighted by Gasteiger charge is 2.37. The zero-order valence-corrected chi connectivity index (χ0v) is 17.8. The van der Waals surface area contributed by atoms with Gasteiger partial charge >= 0.3 is 6.09 Å². The summed E-state index contributed by atoms with van der Waals surface area (Å²) in [6, 6.07) is 7.34. The monoisotopic (exact) mass is 398 g/mol. The third-order valence-electron chi connectivity index (χ3n) is 5.03. The van der Waals surface area contributed by atoms with Gasteiger partial charge in [0.15, 0.2) is 0 Å². The Hall–Kier alpha value is -2.83. The number of hydrogen-bond donors (Lipinski definition) is 1. The fraction of sp³-hybridized carbons (Fsp3) is 0.500. The minimum atomic E-state index is -0.580. The van der Waals surface area contributed by atoms with Crippen LogP contribution in [0.15, 0.2) is 36.7 Å². The number of carbonyl (C=O) groups is 2. The number of benzene rings is 1. The second-order valence-electron chi connectivity index (χ2n) is 8.55. The van der Waals surface area contributed by atoms with E-state index in [2.05, 4.69) is 10.3 Å². The van der Waals surface area contributed by atoms with Crippen molar-refractivity contribution in [1.82, 2.24) is 19.8 Å². The Kier molecular flexibility index (Phi) is 5.96. The molecule has 29 heavy (non-hydrogen) atoms. The van der Waals surface area contributed by atoms with Gasteiger partial charge < -0.3 is 14.6 Å². The molecular weight excluding hydrogens is 368 g/mol. The smallest absolute Gasteiger partial charge is 0.410 e. The SMILES string of the molecule is C[C@H](NC(=O)[C@@H]1CCCN1C(=O)OC(C)(C)C)c1ccc(-c2nccn2C)cc1. The highest BCUT2D eigenvalue weighted by atomic mass is 16.6. The van der Waals surface area contributed by atoms with Crippen molar-refractivity contribution in [2.45, 2.75) is 58.2 Å². The molecule has 2 atom stereocenters. The van der Waals surface area contributed by atoms with E-state index >= 15 is 0 Å². The molecule has 0 saturated carbocycles. The summed E-state index contributed by atoms with van der Waals surface area (Å²) in [5.74, 6) is 0.751. The molecule has 3 rings (SSSR count). The molecule has 156 valence electrons. The molecule has 7 heteroatoms. The van der Waals surface area contributed by atoms with E-state index in [1.165, 1.54) is 4.90 Å². The van der Waals surface area contributed by atoms with Crippen LogP contribution in [0.5, 0.6) is 0 Å². The average molecular weight is 399 g/mol. The van der Waals surface area contributed by atoms with Gasteiger partial charge in [0, 0.05) is 31.5 Å². The van der Waals surface area contributed by atoms with E-state index in [0.717, 1.165) is 23.4 Å². The fourth-order valence-corrected chi connectivity index (χ4v) is 3.54. The number of nitrogens with one attached hydrogen (secondary N) is 1. The molecule has 0 unspecified atom stereocenters. The lowest BCUT2D eigenvalue weighted by Gasteiger charge is -2.28. The predicted molar refractivity (Wildman–Crippen MR) is 111 cm³/mol. The molecule has 2 aromatic rings. The van der Waals surface area contributed by atoms with Crippen molar-refractivity contribution in [3.63, 3.8) is 0 Å². The maximum absolute atomic E-state index is 12.8. The Bertz CT molecular complexity index is 867. The maximum atomic E-state index is 12.8. The van der Waals surface area contributed by atoms with Crippen LogP contribution in [0.1, 0.15) is 52.1 Å². The summed E-state index contributed by atoms with van der Waals surface area (Å²) in [5, 5.41) is 3.04. The van der Waals surface area contributed by atoms with E-state index in [0.29, 0.717) is 13.0 Å². The Labute approximate surface area is 172 Å². The van der Waals surface area contributed by atoms with Crippen LogP contribution in [0, 0.1) is 0 Å².